The molecule has 0 saturated carbocycles. The van der Waals surface area contributed by atoms with E-state index in [0.29, 0.717) is 16.9 Å². The van der Waals surface area contributed by atoms with Crippen molar-refractivity contribution < 1.29 is 19.2 Å². The van der Waals surface area contributed by atoms with Crippen LogP contribution in [0.5, 0.6) is 5.75 Å². The summed E-state index contributed by atoms with van der Waals surface area (Å²) in [6.45, 7) is 5.70. The van der Waals surface area contributed by atoms with Crippen molar-refractivity contribution in [2.45, 2.75) is 39.5 Å². The Morgan fingerprint density at radius 1 is 1.14 bits per heavy atom. The summed E-state index contributed by atoms with van der Waals surface area (Å²) >= 11 is 0. The van der Waals surface area contributed by atoms with Gasteiger partial charge in [0, 0.05) is 38.5 Å². The number of nitro groups is 1. The van der Waals surface area contributed by atoms with E-state index in [2.05, 4.69) is 15.3 Å². The van der Waals surface area contributed by atoms with Crippen molar-refractivity contribution in [3.63, 3.8) is 0 Å². The first-order valence-corrected chi connectivity index (χ1v) is 11.6. The number of hydrogen-bond donors (Lipinski definition) is 1. The van der Waals surface area contributed by atoms with Gasteiger partial charge in [0.05, 0.1) is 16.4 Å². The minimum Gasteiger partial charge on any atom is -0.410 e. The van der Waals surface area contributed by atoms with Crippen molar-refractivity contribution in [1.29, 1.82) is 5.26 Å². The highest BCUT2D eigenvalue weighted by molar-refractivity contribution is 5.93. The van der Waals surface area contributed by atoms with Crippen LogP contribution in [0.3, 0.4) is 0 Å². The van der Waals surface area contributed by atoms with Crippen LogP contribution in [0.1, 0.15) is 39.5 Å². The monoisotopic (exact) mass is 495 g/mol. The van der Waals surface area contributed by atoms with Crippen LogP contribution in [0.25, 0.3) is 11.0 Å². The third-order valence-corrected chi connectivity index (χ3v) is 5.11. The predicted octanol–water partition coefficient (Wildman–Crippen LogP) is 4.37. The van der Waals surface area contributed by atoms with E-state index in [4.69, 9.17) is 10.00 Å². The molecule has 0 bridgehead atoms. The summed E-state index contributed by atoms with van der Waals surface area (Å²) in [5.41, 5.74) is 0.318. The number of nitrogens with zero attached hydrogens (tertiary/aromatic N) is 6. The van der Waals surface area contributed by atoms with Gasteiger partial charge in [0.15, 0.2) is 5.65 Å². The largest absolute Gasteiger partial charge is 0.425 e. The second kappa shape index (κ2) is 14.0. The molecule has 0 atom stereocenters. The molecule has 12 heteroatoms. The smallest absolute Gasteiger partial charge is 0.410 e. The minimum atomic E-state index is -0.672. The van der Waals surface area contributed by atoms with Crippen molar-refractivity contribution in [3.8, 4) is 11.8 Å². The van der Waals surface area contributed by atoms with Gasteiger partial charge in [-0.25, -0.2) is 19.3 Å². The number of carbonyl (C=O) groups excluding carboxylic acids is 2. The number of carbonyl (C=O) groups is 2. The molecular weight excluding hydrogens is 466 g/mol. The lowest BCUT2D eigenvalue weighted by Gasteiger charge is -2.25. The number of anilines is 1. The molecule has 36 heavy (non-hydrogen) atoms. The molecule has 3 aromatic rings. The van der Waals surface area contributed by atoms with Gasteiger partial charge < -0.3 is 15.0 Å². The summed E-state index contributed by atoms with van der Waals surface area (Å²) in [7, 11) is 1.72. The number of benzene rings is 1. The lowest BCUT2D eigenvalue weighted by atomic mass is 10.1. The summed E-state index contributed by atoms with van der Waals surface area (Å²) in [5.74, 6) is 0.787. The Morgan fingerprint density at radius 2 is 1.81 bits per heavy atom. The lowest BCUT2D eigenvalue weighted by molar-refractivity contribution is -0.384. The molecule has 4 rings (SSSR count). The zero-order valence-corrected chi connectivity index (χ0v) is 20.5. The molecule has 1 aromatic carbocycles. The SMILES string of the molecule is CC.CNc1ncnc2c1ccn2C(=O)Oc1ccc([N+](=O)[O-])cc1.N#CCC(=O)N1CCCCC1. The van der Waals surface area contributed by atoms with Crippen LogP contribution in [0, 0.1) is 21.4 Å². The standard InChI is InChI=1S/C14H11N5O4.C8H12N2O.C2H6/c1-15-12-11-6-7-18(13(11)17-8-16-12)14(20)23-10-4-2-9(3-5-10)19(21)22;9-5-4-8(11)10-6-2-1-3-7-10;1-2/h2-8H,1H3,(H,15,16,17);1-4,6-7H2;1-2H3. The van der Waals surface area contributed by atoms with Gasteiger partial charge >= 0.3 is 6.09 Å². The molecule has 12 nitrogen and oxygen atoms in total. The second-order valence-corrected chi connectivity index (χ2v) is 7.29. The molecular formula is C24H29N7O5. The van der Waals surface area contributed by atoms with Crippen LogP contribution in [0.4, 0.5) is 16.3 Å². The summed E-state index contributed by atoms with van der Waals surface area (Å²) in [4.78, 5) is 43.3. The van der Waals surface area contributed by atoms with Gasteiger partial charge in [-0.3, -0.25) is 14.9 Å². The molecule has 0 aliphatic carbocycles. The van der Waals surface area contributed by atoms with E-state index in [1.54, 1.807) is 18.0 Å². The number of nitrogens with one attached hydrogen (secondary N) is 1. The maximum Gasteiger partial charge on any atom is 0.425 e. The fraction of sp³-hybridized carbons (Fsp3) is 0.375. The van der Waals surface area contributed by atoms with Crippen molar-refractivity contribution in [2.75, 3.05) is 25.5 Å². The highest BCUT2D eigenvalue weighted by atomic mass is 16.6. The van der Waals surface area contributed by atoms with Crippen LogP contribution in [0.15, 0.2) is 42.9 Å². The zero-order chi connectivity index (χ0) is 26.5. The minimum absolute atomic E-state index is 0.00722. The van der Waals surface area contributed by atoms with E-state index in [1.807, 2.05) is 19.9 Å². The normalized spacial score (nSPS) is 12.2. The Hall–Kier alpha value is -4.53. The number of nitro benzene ring substituents is 1. The number of fused-ring (bicyclic) bond motifs is 1. The van der Waals surface area contributed by atoms with Gasteiger partial charge in [-0.05, 0) is 37.5 Å². The number of non-ortho nitro benzene ring substituents is 1. The summed E-state index contributed by atoms with van der Waals surface area (Å²) in [5, 5.41) is 22.5. The number of amides is 1. The fourth-order valence-electron chi connectivity index (χ4n) is 3.41. The van der Waals surface area contributed by atoms with Gasteiger partial charge in [0.25, 0.3) is 5.69 Å². The Bertz CT molecular complexity index is 1210. The first-order valence-electron chi connectivity index (χ1n) is 11.6. The van der Waals surface area contributed by atoms with Crippen LogP contribution in [0.2, 0.25) is 0 Å². The van der Waals surface area contributed by atoms with Crippen molar-refractivity contribution in [2.24, 2.45) is 0 Å². The Balaban J connectivity index is 0.000000295. The van der Waals surface area contributed by atoms with Gasteiger partial charge in [-0.15, -0.1) is 0 Å². The van der Waals surface area contributed by atoms with Gasteiger partial charge in [0.2, 0.25) is 5.91 Å². The third-order valence-electron chi connectivity index (χ3n) is 5.11. The highest BCUT2D eigenvalue weighted by Crippen LogP contribution is 2.22. The van der Waals surface area contributed by atoms with Crippen molar-refractivity contribution in [3.05, 3.63) is 53.0 Å². The zero-order valence-electron chi connectivity index (χ0n) is 20.5. The summed E-state index contributed by atoms with van der Waals surface area (Å²) < 4.78 is 6.43. The molecule has 0 radical (unpaired) electrons. The maximum atomic E-state index is 12.2. The third kappa shape index (κ3) is 7.23. The van der Waals surface area contributed by atoms with Crippen LogP contribution < -0.4 is 10.1 Å². The Labute approximate surface area is 208 Å². The highest BCUT2D eigenvalue weighted by Gasteiger charge is 2.16. The van der Waals surface area contributed by atoms with E-state index in [9.17, 15) is 19.7 Å². The van der Waals surface area contributed by atoms with E-state index in [1.165, 1.54) is 47.8 Å². The molecule has 1 N–H and O–H groups in total. The van der Waals surface area contributed by atoms with Crippen LogP contribution in [-0.4, -0.2) is 56.5 Å². The lowest BCUT2D eigenvalue weighted by Crippen LogP contribution is -2.35. The molecule has 0 unspecified atom stereocenters. The number of likely N-dealkylation sites (tertiary alicyclic amines) is 1. The van der Waals surface area contributed by atoms with Gasteiger partial charge in [0.1, 0.15) is 24.3 Å². The maximum absolute atomic E-state index is 12.2. The predicted molar refractivity (Wildman–Crippen MR) is 134 cm³/mol. The van der Waals surface area contributed by atoms with Crippen LogP contribution in [-0.2, 0) is 4.79 Å². The van der Waals surface area contributed by atoms with E-state index >= 15 is 0 Å². The molecule has 0 spiro atoms. The first-order chi connectivity index (χ1) is 17.4. The molecule has 3 heterocycles. The molecule has 1 aliphatic rings. The van der Waals surface area contributed by atoms with Crippen molar-refractivity contribution in [1.82, 2.24) is 19.4 Å². The summed E-state index contributed by atoms with van der Waals surface area (Å²) in [6.07, 6.45) is 5.64. The summed E-state index contributed by atoms with van der Waals surface area (Å²) in [6, 6.07) is 8.80. The van der Waals surface area contributed by atoms with Gasteiger partial charge in [-0.1, -0.05) is 13.8 Å². The average Bonchev–Trinajstić information content (AvgIpc) is 3.36. The van der Waals surface area contributed by atoms with Crippen LogP contribution >= 0.6 is 0 Å². The number of piperidine rings is 1. The number of aromatic nitrogens is 3. The van der Waals surface area contributed by atoms with E-state index in [0.717, 1.165) is 25.9 Å². The quantitative estimate of drug-likeness (QED) is 0.410. The number of nitriles is 1. The molecule has 190 valence electrons. The molecule has 1 fully saturated rings. The second-order valence-electron chi connectivity index (χ2n) is 7.29. The molecule has 1 saturated heterocycles. The molecule has 1 aliphatic heterocycles. The Morgan fingerprint density at radius 3 is 2.39 bits per heavy atom. The topological polar surface area (TPSA) is 156 Å². The first kappa shape index (κ1) is 27.7. The fourth-order valence-corrected chi connectivity index (χ4v) is 3.41. The van der Waals surface area contributed by atoms with Gasteiger partial charge in [-0.2, -0.15) is 5.26 Å². The molecule has 2 aromatic heterocycles. The number of hydrogen-bond acceptors (Lipinski definition) is 9. The number of rotatable bonds is 4. The average molecular weight is 496 g/mol. The molecule has 1 amide bonds. The van der Waals surface area contributed by atoms with E-state index < -0.39 is 11.0 Å². The van der Waals surface area contributed by atoms with E-state index in [-0.39, 0.29) is 23.8 Å². The Kier molecular flexibility index (Phi) is 10.8. The number of ether oxygens (including phenoxy) is 1. The van der Waals surface area contributed by atoms with Crippen molar-refractivity contribution >= 4 is 34.5 Å².